The highest BCUT2D eigenvalue weighted by molar-refractivity contribution is 7.90. The molecule has 0 radical (unpaired) electrons. The summed E-state index contributed by atoms with van der Waals surface area (Å²) in [7, 11) is -4.08. The SMILES string of the molecule is CCCC(=O)N(CC)Cc1ccc(-c2ccccc2S(=O)(=O)NC(C)=O)cc1F. The van der Waals surface area contributed by atoms with Crippen LogP contribution in [-0.4, -0.2) is 31.7 Å². The normalized spacial score (nSPS) is 11.2. The summed E-state index contributed by atoms with van der Waals surface area (Å²) in [6.45, 7) is 5.47. The number of hydrogen-bond donors (Lipinski definition) is 1. The molecule has 2 aromatic carbocycles. The van der Waals surface area contributed by atoms with Gasteiger partial charge >= 0.3 is 0 Å². The quantitative estimate of drug-likeness (QED) is 0.709. The van der Waals surface area contributed by atoms with E-state index in [1.54, 1.807) is 29.2 Å². The first-order chi connectivity index (χ1) is 13.7. The number of sulfonamides is 1. The van der Waals surface area contributed by atoms with Gasteiger partial charge in [-0.05, 0) is 31.0 Å². The molecular formula is C21H25FN2O4S. The molecule has 0 aliphatic carbocycles. The van der Waals surface area contributed by atoms with Crippen molar-refractivity contribution in [2.45, 2.75) is 45.1 Å². The van der Waals surface area contributed by atoms with E-state index in [9.17, 15) is 22.4 Å². The van der Waals surface area contributed by atoms with Gasteiger partial charge in [0.1, 0.15) is 5.82 Å². The molecule has 0 fully saturated rings. The molecule has 0 heterocycles. The van der Waals surface area contributed by atoms with E-state index >= 15 is 0 Å². The molecule has 0 aliphatic heterocycles. The molecule has 6 nitrogen and oxygen atoms in total. The molecule has 0 bridgehead atoms. The van der Waals surface area contributed by atoms with Crippen LogP contribution < -0.4 is 4.72 Å². The highest BCUT2D eigenvalue weighted by Gasteiger charge is 2.21. The van der Waals surface area contributed by atoms with Gasteiger partial charge in [0.05, 0.1) is 4.90 Å². The van der Waals surface area contributed by atoms with Gasteiger partial charge in [0, 0.05) is 37.6 Å². The second-order valence-electron chi connectivity index (χ2n) is 6.62. The van der Waals surface area contributed by atoms with Crippen LogP contribution in [0, 0.1) is 5.82 Å². The molecule has 29 heavy (non-hydrogen) atoms. The van der Waals surface area contributed by atoms with E-state index in [-0.39, 0.29) is 22.9 Å². The largest absolute Gasteiger partial charge is 0.339 e. The first-order valence-corrected chi connectivity index (χ1v) is 10.9. The van der Waals surface area contributed by atoms with Gasteiger partial charge in [-0.1, -0.05) is 37.3 Å². The van der Waals surface area contributed by atoms with E-state index in [1.807, 2.05) is 18.6 Å². The summed E-state index contributed by atoms with van der Waals surface area (Å²) in [5, 5.41) is 0. The lowest BCUT2D eigenvalue weighted by Gasteiger charge is -2.21. The van der Waals surface area contributed by atoms with Gasteiger partial charge < -0.3 is 4.90 Å². The summed E-state index contributed by atoms with van der Waals surface area (Å²) in [6.07, 6.45) is 1.12. The lowest BCUT2D eigenvalue weighted by atomic mass is 10.0. The molecule has 2 rings (SSSR count). The van der Waals surface area contributed by atoms with Crippen LogP contribution in [0.4, 0.5) is 4.39 Å². The number of nitrogens with zero attached hydrogens (tertiary/aromatic N) is 1. The number of hydrogen-bond acceptors (Lipinski definition) is 4. The van der Waals surface area contributed by atoms with Gasteiger partial charge in [-0.15, -0.1) is 0 Å². The summed E-state index contributed by atoms with van der Waals surface area (Å²) in [5.74, 6) is -1.28. The molecule has 1 N–H and O–H groups in total. The zero-order valence-corrected chi connectivity index (χ0v) is 17.6. The van der Waals surface area contributed by atoms with Crippen LogP contribution in [0.25, 0.3) is 11.1 Å². The maximum Gasteiger partial charge on any atom is 0.264 e. The van der Waals surface area contributed by atoms with Crippen molar-refractivity contribution in [3.05, 3.63) is 53.8 Å². The molecule has 0 aromatic heterocycles. The number of carbonyl (C=O) groups is 2. The van der Waals surface area contributed by atoms with E-state index in [2.05, 4.69) is 0 Å². The fraction of sp³-hybridized carbons (Fsp3) is 0.333. The van der Waals surface area contributed by atoms with Crippen molar-refractivity contribution < 1.29 is 22.4 Å². The summed E-state index contributed by atoms with van der Waals surface area (Å²) in [6, 6.07) is 10.5. The molecule has 0 saturated heterocycles. The van der Waals surface area contributed by atoms with Crippen LogP contribution >= 0.6 is 0 Å². The monoisotopic (exact) mass is 420 g/mol. The van der Waals surface area contributed by atoms with E-state index < -0.39 is 21.7 Å². The Morgan fingerprint density at radius 3 is 2.38 bits per heavy atom. The van der Waals surface area contributed by atoms with Crippen LogP contribution in [0.1, 0.15) is 39.2 Å². The van der Waals surface area contributed by atoms with Crippen LogP contribution in [-0.2, 0) is 26.2 Å². The van der Waals surface area contributed by atoms with Crippen molar-refractivity contribution in [1.82, 2.24) is 9.62 Å². The summed E-state index contributed by atoms with van der Waals surface area (Å²) >= 11 is 0. The van der Waals surface area contributed by atoms with Gasteiger partial charge in [-0.25, -0.2) is 17.5 Å². The maximum absolute atomic E-state index is 14.8. The molecule has 156 valence electrons. The Morgan fingerprint density at radius 1 is 1.10 bits per heavy atom. The van der Waals surface area contributed by atoms with E-state index in [0.717, 1.165) is 13.3 Å². The molecule has 0 atom stereocenters. The minimum Gasteiger partial charge on any atom is -0.339 e. The van der Waals surface area contributed by atoms with Crippen LogP contribution in [0.3, 0.4) is 0 Å². The Labute approximate surface area is 170 Å². The number of rotatable bonds is 8. The number of amides is 2. The Morgan fingerprint density at radius 2 is 1.79 bits per heavy atom. The summed E-state index contributed by atoms with van der Waals surface area (Å²) in [4.78, 5) is 24.8. The van der Waals surface area contributed by atoms with Gasteiger partial charge in [-0.2, -0.15) is 0 Å². The predicted molar refractivity (Wildman–Crippen MR) is 109 cm³/mol. The highest BCUT2D eigenvalue weighted by atomic mass is 32.2. The third-order valence-electron chi connectivity index (χ3n) is 4.38. The Hall–Kier alpha value is -2.74. The highest BCUT2D eigenvalue weighted by Crippen LogP contribution is 2.29. The summed E-state index contributed by atoms with van der Waals surface area (Å²) < 4.78 is 41.6. The minimum atomic E-state index is -4.08. The zero-order chi connectivity index (χ0) is 21.6. The molecule has 0 spiro atoms. The standard InChI is InChI=1S/C21H25FN2O4S/c1-4-8-21(26)24(5-2)14-17-12-11-16(13-19(17)22)18-9-6-7-10-20(18)29(27,28)23-15(3)25/h6-7,9-13H,4-5,8,14H2,1-3H3,(H,23,25). The molecule has 8 heteroatoms. The van der Waals surface area contributed by atoms with Gasteiger partial charge in [0.2, 0.25) is 11.8 Å². The first-order valence-electron chi connectivity index (χ1n) is 9.38. The minimum absolute atomic E-state index is 0.0368. The maximum atomic E-state index is 14.8. The average Bonchev–Trinajstić information content (AvgIpc) is 2.66. The number of carbonyl (C=O) groups excluding carboxylic acids is 2. The Bertz CT molecular complexity index is 1010. The van der Waals surface area contributed by atoms with E-state index in [1.165, 1.54) is 18.2 Å². The lowest BCUT2D eigenvalue weighted by molar-refractivity contribution is -0.131. The second kappa shape index (κ2) is 9.65. The molecule has 2 aromatic rings. The fourth-order valence-corrected chi connectivity index (χ4v) is 4.20. The number of nitrogens with one attached hydrogen (secondary N) is 1. The Balaban J connectivity index is 2.39. The average molecular weight is 421 g/mol. The van der Waals surface area contributed by atoms with E-state index in [4.69, 9.17) is 0 Å². The summed E-state index contributed by atoms with van der Waals surface area (Å²) in [5.41, 5.74) is 0.988. The van der Waals surface area contributed by atoms with Crippen LogP contribution in [0.5, 0.6) is 0 Å². The molecule has 0 unspecified atom stereocenters. The molecular weight excluding hydrogens is 395 g/mol. The van der Waals surface area contributed by atoms with Crippen molar-refractivity contribution in [3.63, 3.8) is 0 Å². The van der Waals surface area contributed by atoms with Gasteiger partial charge in [0.25, 0.3) is 10.0 Å². The molecule has 0 saturated carbocycles. The zero-order valence-electron chi connectivity index (χ0n) is 16.7. The topological polar surface area (TPSA) is 83.6 Å². The van der Waals surface area contributed by atoms with E-state index in [0.29, 0.717) is 24.1 Å². The lowest BCUT2D eigenvalue weighted by Crippen LogP contribution is -2.30. The first kappa shape index (κ1) is 22.5. The molecule has 0 aliphatic rings. The third kappa shape index (κ3) is 5.63. The van der Waals surface area contributed by atoms with Crippen molar-refractivity contribution in [3.8, 4) is 11.1 Å². The number of benzene rings is 2. The van der Waals surface area contributed by atoms with Crippen LogP contribution in [0.2, 0.25) is 0 Å². The fourth-order valence-electron chi connectivity index (χ4n) is 2.98. The number of halogens is 1. The molecule has 2 amide bonds. The van der Waals surface area contributed by atoms with Crippen molar-refractivity contribution in [2.75, 3.05) is 6.54 Å². The van der Waals surface area contributed by atoms with Gasteiger partial charge in [-0.3, -0.25) is 9.59 Å². The van der Waals surface area contributed by atoms with Crippen molar-refractivity contribution in [1.29, 1.82) is 0 Å². The second-order valence-corrected chi connectivity index (χ2v) is 8.27. The smallest absolute Gasteiger partial charge is 0.264 e. The van der Waals surface area contributed by atoms with Crippen LogP contribution in [0.15, 0.2) is 47.4 Å². The van der Waals surface area contributed by atoms with Crippen molar-refractivity contribution in [2.24, 2.45) is 0 Å². The van der Waals surface area contributed by atoms with Crippen molar-refractivity contribution >= 4 is 21.8 Å². The van der Waals surface area contributed by atoms with Gasteiger partial charge in [0.15, 0.2) is 0 Å². The third-order valence-corrected chi connectivity index (χ3v) is 5.87. The Kier molecular flexibility index (Phi) is 7.50. The predicted octanol–water partition coefficient (Wildman–Crippen LogP) is 3.47.